The fourth-order valence-corrected chi connectivity index (χ4v) is 3.11. The highest BCUT2D eigenvalue weighted by Gasteiger charge is 2.34. The van der Waals surface area contributed by atoms with Gasteiger partial charge in [0.15, 0.2) is 0 Å². The maximum absolute atomic E-state index is 10.2. The molecule has 0 spiro atoms. The van der Waals surface area contributed by atoms with Crippen molar-refractivity contribution in [1.82, 2.24) is 4.90 Å². The Morgan fingerprint density at radius 2 is 1.81 bits per heavy atom. The van der Waals surface area contributed by atoms with E-state index in [2.05, 4.69) is 39.5 Å². The lowest BCUT2D eigenvalue weighted by atomic mass is 9.77. The molecule has 1 aliphatic carbocycles. The molecule has 0 saturated heterocycles. The summed E-state index contributed by atoms with van der Waals surface area (Å²) in [7, 11) is 0. The summed E-state index contributed by atoms with van der Waals surface area (Å²) in [6.07, 6.45) is 3.24. The molecule has 3 unspecified atom stereocenters. The Balaban J connectivity index is 2.68. The van der Waals surface area contributed by atoms with E-state index in [1.807, 2.05) is 0 Å². The Morgan fingerprint density at radius 1 is 1.19 bits per heavy atom. The highest BCUT2D eigenvalue weighted by Crippen LogP contribution is 2.33. The summed E-state index contributed by atoms with van der Waals surface area (Å²) in [6.45, 7) is 12.3. The molecule has 0 heterocycles. The summed E-state index contributed by atoms with van der Waals surface area (Å²) in [5.41, 5.74) is 0. The third-order valence-electron chi connectivity index (χ3n) is 4.22. The van der Waals surface area contributed by atoms with Crippen LogP contribution in [0.5, 0.6) is 0 Å². The number of hydrogen-bond donors (Lipinski definition) is 1. The van der Waals surface area contributed by atoms with Crippen molar-refractivity contribution >= 4 is 0 Å². The molecule has 3 atom stereocenters. The van der Waals surface area contributed by atoms with Gasteiger partial charge < -0.3 is 5.11 Å². The van der Waals surface area contributed by atoms with Gasteiger partial charge in [0.1, 0.15) is 0 Å². The average Bonchev–Trinajstić information content (AvgIpc) is 2.20. The van der Waals surface area contributed by atoms with Gasteiger partial charge in [0.05, 0.1) is 6.10 Å². The van der Waals surface area contributed by atoms with Crippen molar-refractivity contribution in [3.05, 3.63) is 0 Å². The number of likely N-dealkylation sites (N-methyl/N-ethyl adjacent to an activating group) is 1. The van der Waals surface area contributed by atoms with Gasteiger partial charge >= 0.3 is 0 Å². The molecule has 1 N–H and O–H groups in total. The van der Waals surface area contributed by atoms with Crippen LogP contribution in [0.4, 0.5) is 0 Å². The SMILES string of the molecule is CCN(C(C)C)C1CC(C(C)C)CCC1O. The van der Waals surface area contributed by atoms with E-state index < -0.39 is 0 Å². The van der Waals surface area contributed by atoms with Crippen LogP contribution in [0.3, 0.4) is 0 Å². The number of nitrogens with zero attached hydrogens (tertiary/aromatic N) is 1. The van der Waals surface area contributed by atoms with E-state index in [-0.39, 0.29) is 6.10 Å². The normalized spacial score (nSPS) is 31.7. The van der Waals surface area contributed by atoms with Gasteiger partial charge in [-0.1, -0.05) is 20.8 Å². The van der Waals surface area contributed by atoms with Crippen LogP contribution in [0.15, 0.2) is 0 Å². The Hall–Kier alpha value is -0.0800. The second-order valence-corrected chi connectivity index (χ2v) is 5.88. The van der Waals surface area contributed by atoms with E-state index >= 15 is 0 Å². The van der Waals surface area contributed by atoms with E-state index in [4.69, 9.17) is 0 Å². The molecule has 0 aromatic rings. The predicted octanol–water partition coefficient (Wildman–Crippen LogP) is 2.90. The topological polar surface area (TPSA) is 23.5 Å². The first kappa shape index (κ1) is 14.0. The molecule has 96 valence electrons. The molecule has 1 rings (SSSR count). The average molecular weight is 227 g/mol. The Bertz CT molecular complexity index is 203. The summed E-state index contributed by atoms with van der Waals surface area (Å²) in [5, 5.41) is 10.2. The van der Waals surface area contributed by atoms with Crippen LogP contribution < -0.4 is 0 Å². The van der Waals surface area contributed by atoms with Gasteiger partial charge in [-0.05, 0) is 51.5 Å². The molecular formula is C14H29NO. The fourth-order valence-electron chi connectivity index (χ4n) is 3.11. The molecular weight excluding hydrogens is 198 g/mol. The highest BCUT2D eigenvalue weighted by molar-refractivity contribution is 4.88. The molecule has 16 heavy (non-hydrogen) atoms. The number of rotatable bonds is 4. The zero-order valence-electron chi connectivity index (χ0n) is 11.6. The van der Waals surface area contributed by atoms with Crippen LogP contribution in [-0.4, -0.2) is 34.7 Å². The molecule has 2 nitrogen and oxygen atoms in total. The molecule has 1 aliphatic rings. The Labute approximate surface area is 101 Å². The molecule has 0 radical (unpaired) electrons. The molecule has 1 fully saturated rings. The fraction of sp³-hybridized carbons (Fsp3) is 1.00. The summed E-state index contributed by atoms with van der Waals surface area (Å²) in [6, 6.07) is 0.918. The van der Waals surface area contributed by atoms with Gasteiger partial charge in [-0.25, -0.2) is 0 Å². The zero-order chi connectivity index (χ0) is 12.3. The molecule has 1 saturated carbocycles. The monoisotopic (exact) mass is 227 g/mol. The van der Waals surface area contributed by atoms with E-state index in [9.17, 15) is 5.11 Å². The number of aliphatic hydroxyl groups is 1. The van der Waals surface area contributed by atoms with Gasteiger partial charge in [-0.15, -0.1) is 0 Å². The van der Waals surface area contributed by atoms with Crippen molar-refractivity contribution in [2.75, 3.05) is 6.54 Å². The molecule has 0 aliphatic heterocycles. The van der Waals surface area contributed by atoms with Crippen LogP contribution in [0, 0.1) is 11.8 Å². The highest BCUT2D eigenvalue weighted by atomic mass is 16.3. The van der Waals surface area contributed by atoms with Gasteiger partial charge in [-0.3, -0.25) is 4.90 Å². The van der Waals surface area contributed by atoms with Crippen molar-refractivity contribution in [1.29, 1.82) is 0 Å². The lowest BCUT2D eigenvalue weighted by molar-refractivity contribution is -0.0149. The van der Waals surface area contributed by atoms with Crippen molar-refractivity contribution < 1.29 is 5.11 Å². The Kier molecular flexibility index (Phi) is 5.26. The van der Waals surface area contributed by atoms with Crippen molar-refractivity contribution in [3.8, 4) is 0 Å². The van der Waals surface area contributed by atoms with Gasteiger partial charge in [0.2, 0.25) is 0 Å². The lowest BCUT2D eigenvalue weighted by Gasteiger charge is -2.43. The number of hydrogen-bond acceptors (Lipinski definition) is 2. The van der Waals surface area contributed by atoms with E-state index in [0.717, 1.165) is 24.8 Å². The number of aliphatic hydroxyl groups excluding tert-OH is 1. The largest absolute Gasteiger partial charge is 0.391 e. The van der Waals surface area contributed by atoms with Crippen molar-refractivity contribution in [2.24, 2.45) is 11.8 Å². The maximum atomic E-state index is 10.2. The van der Waals surface area contributed by atoms with Crippen LogP contribution in [0.2, 0.25) is 0 Å². The standard InChI is InChI=1S/C14H29NO/c1-6-15(11(4)5)13-9-12(10(2)3)7-8-14(13)16/h10-14,16H,6-9H2,1-5H3. The van der Waals surface area contributed by atoms with Gasteiger partial charge in [-0.2, -0.15) is 0 Å². The van der Waals surface area contributed by atoms with Crippen LogP contribution in [0.25, 0.3) is 0 Å². The van der Waals surface area contributed by atoms with E-state index in [1.165, 1.54) is 12.8 Å². The maximum Gasteiger partial charge on any atom is 0.0695 e. The van der Waals surface area contributed by atoms with Crippen LogP contribution >= 0.6 is 0 Å². The van der Waals surface area contributed by atoms with Crippen molar-refractivity contribution in [3.63, 3.8) is 0 Å². The van der Waals surface area contributed by atoms with Gasteiger partial charge in [0.25, 0.3) is 0 Å². The minimum atomic E-state index is -0.114. The molecule has 0 bridgehead atoms. The smallest absolute Gasteiger partial charge is 0.0695 e. The molecule has 0 aromatic carbocycles. The predicted molar refractivity (Wildman–Crippen MR) is 69.5 cm³/mol. The third kappa shape index (κ3) is 3.21. The second kappa shape index (κ2) is 6.02. The summed E-state index contributed by atoms with van der Waals surface area (Å²) in [4.78, 5) is 2.46. The first-order valence-electron chi connectivity index (χ1n) is 6.91. The quantitative estimate of drug-likeness (QED) is 0.798. The van der Waals surface area contributed by atoms with Crippen LogP contribution in [-0.2, 0) is 0 Å². The molecule has 2 heteroatoms. The minimum Gasteiger partial charge on any atom is -0.391 e. The summed E-state index contributed by atoms with van der Waals surface area (Å²) >= 11 is 0. The first-order valence-corrected chi connectivity index (χ1v) is 6.91. The first-order chi connectivity index (χ1) is 7.47. The third-order valence-corrected chi connectivity index (χ3v) is 4.22. The van der Waals surface area contributed by atoms with Crippen LogP contribution in [0.1, 0.15) is 53.9 Å². The summed E-state index contributed by atoms with van der Waals surface area (Å²) < 4.78 is 0. The molecule has 0 amide bonds. The van der Waals surface area contributed by atoms with E-state index in [1.54, 1.807) is 0 Å². The molecule has 0 aromatic heterocycles. The lowest BCUT2D eigenvalue weighted by Crippen LogP contribution is -2.50. The van der Waals surface area contributed by atoms with Crippen molar-refractivity contribution in [2.45, 2.75) is 72.1 Å². The second-order valence-electron chi connectivity index (χ2n) is 5.88. The zero-order valence-corrected chi connectivity index (χ0v) is 11.6. The van der Waals surface area contributed by atoms with E-state index in [0.29, 0.717) is 12.1 Å². The minimum absolute atomic E-state index is 0.114. The van der Waals surface area contributed by atoms with Gasteiger partial charge in [0, 0.05) is 12.1 Å². The Morgan fingerprint density at radius 3 is 2.25 bits per heavy atom. The summed E-state index contributed by atoms with van der Waals surface area (Å²) in [5.74, 6) is 1.54.